The predicted molar refractivity (Wildman–Crippen MR) is 79.2 cm³/mol. The molecule has 0 saturated carbocycles. The van der Waals surface area contributed by atoms with Crippen LogP contribution in [0.25, 0.3) is 17.0 Å². The van der Waals surface area contributed by atoms with Crippen molar-refractivity contribution in [3.8, 4) is 17.1 Å². The Kier molecular flexibility index (Phi) is 3.34. The molecular formula is C14H13N5O3. The number of ether oxygens (including phenoxy) is 1. The fourth-order valence-corrected chi connectivity index (χ4v) is 2.10. The fourth-order valence-electron chi connectivity index (χ4n) is 2.10. The second kappa shape index (κ2) is 5.32. The van der Waals surface area contributed by atoms with E-state index in [-0.39, 0.29) is 5.82 Å². The van der Waals surface area contributed by atoms with Gasteiger partial charge in [-0.05, 0) is 31.2 Å². The SMILES string of the molecule is COc1ccc(-c2nc(NC(=O)O)cc3nc(C)nn23)cc1. The minimum atomic E-state index is -1.19. The van der Waals surface area contributed by atoms with Gasteiger partial charge in [0, 0.05) is 11.6 Å². The first-order chi connectivity index (χ1) is 10.6. The van der Waals surface area contributed by atoms with Crippen LogP contribution in [0.5, 0.6) is 5.75 Å². The molecule has 0 spiro atoms. The summed E-state index contributed by atoms with van der Waals surface area (Å²) in [4.78, 5) is 19.4. The summed E-state index contributed by atoms with van der Waals surface area (Å²) in [7, 11) is 1.59. The van der Waals surface area contributed by atoms with Gasteiger partial charge in [-0.3, -0.25) is 5.32 Å². The summed E-state index contributed by atoms with van der Waals surface area (Å²) in [6.45, 7) is 1.76. The van der Waals surface area contributed by atoms with E-state index in [1.165, 1.54) is 6.07 Å². The van der Waals surface area contributed by atoms with Crippen LogP contribution >= 0.6 is 0 Å². The first-order valence-corrected chi connectivity index (χ1v) is 6.45. The van der Waals surface area contributed by atoms with E-state index in [9.17, 15) is 4.79 Å². The molecule has 2 N–H and O–H groups in total. The standard InChI is InChI=1S/C14H13N5O3/c1-8-15-12-7-11(17-14(20)21)16-13(19(12)18-8)9-3-5-10(22-2)6-4-9/h3-7,17H,1-2H3,(H,20,21). The van der Waals surface area contributed by atoms with E-state index in [0.717, 1.165) is 11.3 Å². The number of aryl methyl sites for hydroxylation is 1. The molecule has 0 aliphatic carbocycles. The van der Waals surface area contributed by atoms with Crippen LogP contribution in [0.2, 0.25) is 0 Å². The van der Waals surface area contributed by atoms with Crippen molar-refractivity contribution in [1.29, 1.82) is 0 Å². The molecule has 8 heteroatoms. The largest absolute Gasteiger partial charge is 0.497 e. The minimum Gasteiger partial charge on any atom is -0.497 e. The lowest BCUT2D eigenvalue weighted by Gasteiger charge is -2.07. The van der Waals surface area contributed by atoms with Gasteiger partial charge in [-0.25, -0.2) is 14.8 Å². The second-order valence-electron chi connectivity index (χ2n) is 4.55. The maximum atomic E-state index is 10.8. The molecule has 0 atom stereocenters. The molecule has 3 rings (SSSR count). The van der Waals surface area contributed by atoms with Gasteiger partial charge in [0.15, 0.2) is 11.5 Å². The summed E-state index contributed by atoms with van der Waals surface area (Å²) in [5.74, 6) is 1.97. The van der Waals surface area contributed by atoms with Crippen molar-refractivity contribution in [1.82, 2.24) is 19.6 Å². The Balaban J connectivity index is 2.18. The van der Waals surface area contributed by atoms with Crippen LogP contribution in [0.3, 0.4) is 0 Å². The summed E-state index contributed by atoms with van der Waals surface area (Å²) < 4.78 is 6.70. The third-order valence-corrected chi connectivity index (χ3v) is 3.01. The molecule has 0 radical (unpaired) electrons. The van der Waals surface area contributed by atoms with Crippen LogP contribution in [-0.2, 0) is 0 Å². The van der Waals surface area contributed by atoms with Crippen LogP contribution in [0.15, 0.2) is 30.3 Å². The number of hydrogen-bond donors (Lipinski definition) is 2. The lowest BCUT2D eigenvalue weighted by molar-refractivity contribution is 0.209. The Labute approximate surface area is 125 Å². The summed E-state index contributed by atoms with van der Waals surface area (Å²) in [6.07, 6.45) is -1.19. The number of nitrogens with zero attached hydrogens (tertiary/aromatic N) is 4. The van der Waals surface area contributed by atoms with Crippen molar-refractivity contribution in [3.05, 3.63) is 36.2 Å². The quantitative estimate of drug-likeness (QED) is 0.768. The number of carboxylic acid groups (broad SMARTS) is 1. The van der Waals surface area contributed by atoms with Crippen LogP contribution < -0.4 is 10.1 Å². The molecule has 1 aromatic carbocycles. The summed E-state index contributed by atoms with van der Waals surface area (Å²) in [5.41, 5.74) is 1.28. The van der Waals surface area contributed by atoms with Crippen molar-refractivity contribution in [2.45, 2.75) is 6.92 Å². The van der Waals surface area contributed by atoms with E-state index >= 15 is 0 Å². The molecular weight excluding hydrogens is 286 g/mol. The number of fused-ring (bicyclic) bond motifs is 1. The zero-order chi connectivity index (χ0) is 15.7. The number of benzene rings is 1. The van der Waals surface area contributed by atoms with Crippen molar-refractivity contribution in [2.75, 3.05) is 12.4 Å². The van der Waals surface area contributed by atoms with Gasteiger partial charge in [0.25, 0.3) is 0 Å². The number of rotatable bonds is 3. The second-order valence-corrected chi connectivity index (χ2v) is 4.55. The lowest BCUT2D eigenvalue weighted by atomic mass is 10.2. The van der Waals surface area contributed by atoms with Crippen LogP contribution in [0.4, 0.5) is 10.6 Å². The highest BCUT2D eigenvalue weighted by molar-refractivity contribution is 5.82. The van der Waals surface area contributed by atoms with Gasteiger partial charge in [0.05, 0.1) is 7.11 Å². The molecule has 0 aliphatic rings. The zero-order valence-corrected chi connectivity index (χ0v) is 11.9. The number of amides is 1. The maximum Gasteiger partial charge on any atom is 0.410 e. The average Bonchev–Trinajstić information content (AvgIpc) is 2.86. The van der Waals surface area contributed by atoms with Gasteiger partial charge in [-0.1, -0.05) is 0 Å². The minimum absolute atomic E-state index is 0.193. The molecule has 3 aromatic rings. The average molecular weight is 299 g/mol. The maximum absolute atomic E-state index is 10.8. The van der Waals surface area contributed by atoms with E-state index in [1.54, 1.807) is 30.7 Å². The van der Waals surface area contributed by atoms with Crippen molar-refractivity contribution >= 4 is 17.6 Å². The van der Waals surface area contributed by atoms with Gasteiger partial charge >= 0.3 is 6.09 Å². The van der Waals surface area contributed by atoms with Crippen molar-refractivity contribution in [2.24, 2.45) is 0 Å². The third kappa shape index (κ3) is 2.53. The third-order valence-electron chi connectivity index (χ3n) is 3.01. The van der Waals surface area contributed by atoms with E-state index in [0.29, 0.717) is 17.3 Å². The fraction of sp³-hybridized carbons (Fsp3) is 0.143. The number of anilines is 1. The van der Waals surface area contributed by atoms with Crippen molar-refractivity contribution < 1.29 is 14.6 Å². The lowest BCUT2D eigenvalue weighted by Crippen LogP contribution is -2.10. The molecule has 2 aromatic heterocycles. The molecule has 8 nitrogen and oxygen atoms in total. The first kappa shape index (κ1) is 13.8. The zero-order valence-electron chi connectivity index (χ0n) is 11.9. The van der Waals surface area contributed by atoms with Gasteiger partial charge in [0.2, 0.25) is 0 Å². The summed E-state index contributed by atoms with van der Waals surface area (Å²) >= 11 is 0. The van der Waals surface area contributed by atoms with Gasteiger partial charge in [-0.15, -0.1) is 5.10 Å². The van der Waals surface area contributed by atoms with Crippen LogP contribution in [0.1, 0.15) is 5.82 Å². The molecule has 0 saturated heterocycles. The molecule has 0 bridgehead atoms. The Hall–Kier alpha value is -3.16. The Bertz CT molecular complexity index is 842. The molecule has 2 heterocycles. The Morgan fingerprint density at radius 1 is 1.27 bits per heavy atom. The number of carbonyl (C=O) groups is 1. The number of aromatic nitrogens is 4. The molecule has 112 valence electrons. The molecule has 22 heavy (non-hydrogen) atoms. The van der Waals surface area contributed by atoms with Gasteiger partial charge in [-0.2, -0.15) is 4.52 Å². The highest BCUT2D eigenvalue weighted by Crippen LogP contribution is 2.23. The van der Waals surface area contributed by atoms with E-state index < -0.39 is 6.09 Å². The van der Waals surface area contributed by atoms with Crippen LogP contribution in [0, 0.1) is 6.92 Å². The van der Waals surface area contributed by atoms with E-state index in [2.05, 4.69) is 20.4 Å². The monoisotopic (exact) mass is 299 g/mol. The van der Waals surface area contributed by atoms with Crippen LogP contribution in [-0.4, -0.2) is 37.9 Å². The number of methoxy groups -OCH3 is 1. The Morgan fingerprint density at radius 3 is 2.64 bits per heavy atom. The highest BCUT2D eigenvalue weighted by Gasteiger charge is 2.13. The van der Waals surface area contributed by atoms with Gasteiger partial charge in [0.1, 0.15) is 17.4 Å². The number of nitrogens with one attached hydrogen (secondary N) is 1. The molecule has 1 amide bonds. The Morgan fingerprint density at radius 2 is 2.00 bits per heavy atom. The smallest absolute Gasteiger partial charge is 0.410 e. The normalized spacial score (nSPS) is 10.6. The summed E-state index contributed by atoms with van der Waals surface area (Å²) in [6, 6.07) is 8.76. The molecule has 0 aliphatic heterocycles. The molecule has 0 fully saturated rings. The van der Waals surface area contributed by atoms with Crippen molar-refractivity contribution in [3.63, 3.8) is 0 Å². The van der Waals surface area contributed by atoms with E-state index in [4.69, 9.17) is 9.84 Å². The molecule has 0 unspecified atom stereocenters. The first-order valence-electron chi connectivity index (χ1n) is 6.45. The van der Waals surface area contributed by atoms with E-state index in [1.807, 2.05) is 12.1 Å². The topological polar surface area (TPSA) is 102 Å². The highest BCUT2D eigenvalue weighted by atomic mass is 16.5. The van der Waals surface area contributed by atoms with Gasteiger partial charge < -0.3 is 9.84 Å². The number of hydrogen-bond acceptors (Lipinski definition) is 5. The predicted octanol–water partition coefficient (Wildman–Crippen LogP) is 2.20. The summed E-state index contributed by atoms with van der Waals surface area (Å²) in [5, 5.41) is 15.4.